The van der Waals surface area contributed by atoms with Crippen LogP contribution in [0, 0.1) is 17.8 Å². The third kappa shape index (κ3) is 3.68. The number of primary amides is 1. The number of rotatable bonds is 3. The highest BCUT2D eigenvalue weighted by atomic mass is 16.2. The zero-order valence-electron chi connectivity index (χ0n) is 15.8. The van der Waals surface area contributed by atoms with Crippen molar-refractivity contribution in [3.63, 3.8) is 0 Å². The van der Waals surface area contributed by atoms with Crippen LogP contribution in [-0.2, 0) is 4.79 Å². The van der Waals surface area contributed by atoms with Crippen LogP contribution in [-0.4, -0.2) is 48.9 Å². The topological polar surface area (TPSA) is 92.7 Å². The van der Waals surface area contributed by atoms with Gasteiger partial charge in [0, 0.05) is 49.4 Å². The summed E-state index contributed by atoms with van der Waals surface area (Å²) in [6.45, 7) is 3.16. The van der Waals surface area contributed by atoms with E-state index in [0.717, 1.165) is 44.7 Å². The summed E-state index contributed by atoms with van der Waals surface area (Å²) in [4.78, 5) is 28.6. The summed E-state index contributed by atoms with van der Waals surface area (Å²) >= 11 is 0. The van der Waals surface area contributed by atoms with Crippen LogP contribution in [0.15, 0.2) is 24.3 Å². The molecular formula is C21H30N4O2. The Kier molecular flexibility index (Phi) is 5.08. The Morgan fingerprint density at radius 2 is 1.52 bits per heavy atom. The molecule has 3 fully saturated rings. The van der Waals surface area contributed by atoms with Crippen LogP contribution in [0.3, 0.4) is 0 Å². The third-order valence-corrected chi connectivity index (χ3v) is 6.87. The second kappa shape index (κ2) is 7.50. The number of piperazine rings is 1. The lowest BCUT2D eigenvalue weighted by molar-refractivity contribution is -0.138. The highest BCUT2D eigenvalue weighted by Crippen LogP contribution is 2.42. The van der Waals surface area contributed by atoms with Crippen LogP contribution in [0.1, 0.15) is 42.5 Å². The number of carbonyl (C=O) groups is 2. The minimum Gasteiger partial charge on any atom is -0.368 e. The van der Waals surface area contributed by atoms with Crippen molar-refractivity contribution in [3.8, 4) is 0 Å². The molecule has 2 atom stereocenters. The highest BCUT2D eigenvalue weighted by molar-refractivity contribution is 5.93. The Balaban J connectivity index is 1.33. The Labute approximate surface area is 160 Å². The zero-order chi connectivity index (χ0) is 19.0. The number of hydrogen-bond donors (Lipinski definition) is 2. The van der Waals surface area contributed by atoms with Gasteiger partial charge in [-0.1, -0.05) is 6.42 Å². The first-order valence-electron chi connectivity index (χ1n) is 10.2. The average molecular weight is 370 g/mol. The van der Waals surface area contributed by atoms with Gasteiger partial charge in [-0.2, -0.15) is 0 Å². The van der Waals surface area contributed by atoms with Crippen molar-refractivity contribution in [1.82, 2.24) is 4.90 Å². The number of benzene rings is 1. The lowest BCUT2D eigenvalue weighted by Crippen LogP contribution is -2.53. The van der Waals surface area contributed by atoms with Gasteiger partial charge in [-0.25, -0.2) is 0 Å². The Bertz CT molecular complexity index is 683. The quantitative estimate of drug-likeness (QED) is 0.845. The molecule has 2 bridgehead atoms. The smallest absolute Gasteiger partial charge is 0.248 e. The molecule has 1 heterocycles. The molecule has 6 nitrogen and oxygen atoms in total. The first kappa shape index (κ1) is 18.3. The minimum atomic E-state index is -0.408. The van der Waals surface area contributed by atoms with Crippen molar-refractivity contribution in [2.75, 3.05) is 31.1 Å². The molecule has 0 radical (unpaired) electrons. The molecule has 1 aromatic carbocycles. The van der Waals surface area contributed by atoms with Gasteiger partial charge >= 0.3 is 0 Å². The summed E-state index contributed by atoms with van der Waals surface area (Å²) in [5, 5.41) is 0. The Morgan fingerprint density at radius 3 is 2.07 bits per heavy atom. The molecule has 0 spiro atoms. The number of nitrogens with two attached hydrogens (primary N) is 2. The van der Waals surface area contributed by atoms with E-state index in [1.54, 1.807) is 12.1 Å². The maximum Gasteiger partial charge on any atom is 0.248 e. The molecule has 27 heavy (non-hydrogen) atoms. The molecule has 3 aliphatic rings. The van der Waals surface area contributed by atoms with Crippen LogP contribution in [0.25, 0.3) is 0 Å². The number of amides is 2. The maximum absolute atomic E-state index is 13.1. The maximum atomic E-state index is 13.1. The molecular weight excluding hydrogens is 340 g/mol. The molecule has 1 saturated heterocycles. The van der Waals surface area contributed by atoms with Gasteiger partial charge in [-0.15, -0.1) is 0 Å². The first-order valence-corrected chi connectivity index (χ1v) is 10.2. The minimum absolute atomic E-state index is 0.168. The largest absolute Gasteiger partial charge is 0.368 e. The predicted molar refractivity (Wildman–Crippen MR) is 105 cm³/mol. The molecule has 0 aromatic heterocycles. The van der Waals surface area contributed by atoms with Crippen molar-refractivity contribution in [3.05, 3.63) is 29.8 Å². The molecule has 4 N–H and O–H groups in total. The van der Waals surface area contributed by atoms with Gasteiger partial charge in [0.25, 0.3) is 0 Å². The number of carbonyl (C=O) groups excluding carboxylic acids is 2. The molecule has 4 rings (SSSR count). The highest BCUT2D eigenvalue weighted by Gasteiger charge is 2.41. The second-order valence-electron chi connectivity index (χ2n) is 8.42. The summed E-state index contributed by atoms with van der Waals surface area (Å²) < 4.78 is 0. The molecule has 1 aliphatic heterocycles. The summed E-state index contributed by atoms with van der Waals surface area (Å²) in [7, 11) is 0. The van der Waals surface area contributed by atoms with E-state index in [1.165, 1.54) is 19.3 Å². The molecule has 2 aliphatic carbocycles. The van der Waals surface area contributed by atoms with Gasteiger partial charge in [0.2, 0.25) is 11.8 Å². The van der Waals surface area contributed by atoms with E-state index >= 15 is 0 Å². The lowest BCUT2D eigenvalue weighted by Gasteiger charge is -2.45. The second-order valence-corrected chi connectivity index (χ2v) is 8.42. The van der Waals surface area contributed by atoms with E-state index in [9.17, 15) is 9.59 Å². The van der Waals surface area contributed by atoms with Crippen LogP contribution in [0.2, 0.25) is 0 Å². The van der Waals surface area contributed by atoms with E-state index in [1.807, 2.05) is 17.0 Å². The van der Waals surface area contributed by atoms with Crippen LogP contribution >= 0.6 is 0 Å². The Morgan fingerprint density at radius 1 is 0.926 bits per heavy atom. The average Bonchev–Trinajstić information content (AvgIpc) is 2.67. The standard InChI is InChI=1S/C21H30N4O2/c22-19-15-2-1-3-16(19)13-17(12-15)21(27)25-10-8-24(9-11-25)18-6-4-14(5-7-18)20(23)26/h4-7,15-17,19H,1-3,8-13,22H2,(H2,23,26). The van der Waals surface area contributed by atoms with Crippen LogP contribution < -0.4 is 16.4 Å². The number of fused-ring (bicyclic) bond motifs is 2. The number of hydrogen-bond acceptors (Lipinski definition) is 4. The number of anilines is 1. The monoisotopic (exact) mass is 370 g/mol. The van der Waals surface area contributed by atoms with E-state index in [-0.39, 0.29) is 5.92 Å². The van der Waals surface area contributed by atoms with E-state index in [0.29, 0.717) is 29.3 Å². The molecule has 2 saturated carbocycles. The van der Waals surface area contributed by atoms with E-state index in [4.69, 9.17) is 11.5 Å². The lowest BCUT2D eigenvalue weighted by atomic mass is 9.65. The van der Waals surface area contributed by atoms with Gasteiger partial charge in [-0.3, -0.25) is 9.59 Å². The van der Waals surface area contributed by atoms with Gasteiger partial charge < -0.3 is 21.3 Å². The summed E-state index contributed by atoms with van der Waals surface area (Å²) in [5.74, 6) is 1.17. The van der Waals surface area contributed by atoms with Crippen LogP contribution in [0.5, 0.6) is 0 Å². The fourth-order valence-corrected chi connectivity index (χ4v) is 5.27. The van der Waals surface area contributed by atoms with Gasteiger partial charge in [-0.05, 0) is 61.8 Å². The fraction of sp³-hybridized carbons (Fsp3) is 0.619. The number of nitrogens with zero attached hydrogens (tertiary/aromatic N) is 2. The molecule has 1 aromatic rings. The van der Waals surface area contributed by atoms with Gasteiger partial charge in [0.15, 0.2) is 0 Å². The predicted octanol–water partition coefficient (Wildman–Crippen LogP) is 1.59. The molecule has 2 amide bonds. The summed E-state index contributed by atoms with van der Waals surface area (Å²) in [6.07, 6.45) is 5.61. The van der Waals surface area contributed by atoms with Crippen molar-refractivity contribution in [2.45, 2.75) is 38.1 Å². The van der Waals surface area contributed by atoms with Crippen molar-refractivity contribution in [1.29, 1.82) is 0 Å². The van der Waals surface area contributed by atoms with Crippen molar-refractivity contribution in [2.24, 2.45) is 29.2 Å². The summed E-state index contributed by atoms with van der Waals surface area (Å²) in [5.41, 5.74) is 13.3. The van der Waals surface area contributed by atoms with Crippen LogP contribution in [0.4, 0.5) is 5.69 Å². The third-order valence-electron chi connectivity index (χ3n) is 6.87. The first-order chi connectivity index (χ1) is 13.0. The zero-order valence-corrected chi connectivity index (χ0v) is 15.8. The van der Waals surface area contributed by atoms with E-state index < -0.39 is 5.91 Å². The molecule has 6 heteroatoms. The molecule has 2 unspecified atom stereocenters. The van der Waals surface area contributed by atoms with Gasteiger partial charge in [0.1, 0.15) is 0 Å². The van der Waals surface area contributed by atoms with E-state index in [2.05, 4.69) is 4.90 Å². The SMILES string of the molecule is NC(=O)c1ccc(N2CCN(C(=O)C3CC4CCCC(C3)C4N)CC2)cc1. The molecule has 146 valence electrons. The fourth-order valence-electron chi connectivity index (χ4n) is 5.27. The van der Waals surface area contributed by atoms with Crippen molar-refractivity contribution >= 4 is 17.5 Å². The normalized spacial score (nSPS) is 30.9. The van der Waals surface area contributed by atoms with Gasteiger partial charge in [0.05, 0.1) is 0 Å². The van der Waals surface area contributed by atoms with Crippen molar-refractivity contribution < 1.29 is 9.59 Å². The Hall–Kier alpha value is -2.08. The summed E-state index contributed by atoms with van der Waals surface area (Å²) in [6, 6.07) is 7.70.